The Morgan fingerprint density at radius 2 is 1.83 bits per heavy atom. The number of unbranched alkanes of at least 4 members (excludes halogenated alkanes) is 3. The zero-order valence-electron chi connectivity index (χ0n) is 12.2. The summed E-state index contributed by atoms with van der Waals surface area (Å²) in [5.41, 5.74) is 1.26. The van der Waals surface area contributed by atoms with Crippen LogP contribution in [-0.4, -0.2) is 4.98 Å². The number of aromatic nitrogens is 1. The van der Waals surface area contributed by atoms with E-state index in [0.717, 1.165) is 12.3 Å². The molecule has 0 saturated heterocycles. The minimum Gasteiger partial charge on any atom is -0.261 e. The Bertz CT molecular complexity index is 281. The molecule has 0 aliphatic heterocycles. The van der Waals surface area contributed by atoms with E-state index in [0.29, 0.717) is 0 Å². The van der Waals surface area contributed by atoms with Gasteiger partial charge < -0.3 is 0 Å². The molecular formula is C17H29N. The van der Waals surface area contributed by atoms with E-state index in [1.807, 2.05) is 12.3 Å². The third-order valence-electron chi connectivity index (χ3n) is 3.70. The van der Waals surface area contributed by atoms with Crippen molar-refractivity contribution in [3.8, 4) is 0 Å². The standard InChI is InChI=1S/C17H29N/c1-3-5-6-7-11-16(10-4-2)13-14-17-12-8-9-15-18-17/h8-9,12,15-16H,3-7,10-11,13-14H2,1-2H3. The molecule has 0 saturated carbocycles. The molecule has 0 aliphatic carbocycles. The number of pyridine rings is 1. The molecule has 0 bridgehead atoms. The van der Waals surface area contributed by atoms with Gasteiger partial charge in [-0.3, -0.25) is 4.98 Å². The quantitative estimate of drug-likeness (QED) is 0.504. The van der Waals surface area contributed by atoms with Gasteiger partial charge in [0.15, 0.2) is 0 Å². The maximum absolute atomic E-state index is 4.42. The van der Waals surface area contributed by atoms with Gasteiger partial charge in [0.1, 0.15) is 0 Å². The highest BCUT2D eigenvalue weighted by Crippen LogP contribution is 2.21. The SMILES string of the molecule is CCCCCCC(CCC)CCc1ccccn1. The highest BCUT2D eigenvalue weighted by atomic mass is 14.7. The second kappa shape index (κ2) is 10.1. The Morgan fingerprint density at radius 1 is 0.944 bits per heavy atom. The molecule has 1 aromatic heterocycles. The van der Waals surface area contributed by atoms with E-state index < -0.39 is 0 Å². The summed E-state index contributed by atoms with van der Waals surface area (Å²) < 4.78 is 0. The average Bonchev–Trinajstić information content (AvgIpc) is 2.42. The largest absolute Gasteiger partial charge is 0.261 e. The smallest absolute Gasteiger partial charge is 0.0403 e. The van der Waals surface area contributed by atoms with Crippen molar-refractivity contribution in [1.29, 1.82) is 0 Å². The molecular weight excluding hydrogens is 218 g/mol. The fraction of sp³-hybridized carbons (Fsp3) is 0.706. The first-order valence-corrected chi connectivity index (χ1v) is 7.76. The van der Waals surface area contributed by atoms with Crippen LogP contribution in [0.15, 0.2) is 24.4 Å². The summed E-state index contributed by atoms with van der Waals surface area (Å²) in [5, 5.41) is 0. The van der Waals surface area contributed by atoms with Crippen molar-refractivity contribution in [1.82, 2.24) is 4.98 Å². The lowest BCUT2D eigenvalue weighted by Gasteiger charge is -2.15. The summed E-state index contributed by atoms with van der Waals surface area (Å²) in [7, 11) is 0. The molecule has 1 nitrogen and oxygen atoms in total. The van der Waals surface area contributed by atoms with E-state index in [-0.39, 0.29) is 0 Å². The minimum absolute atomic E-state index is 0.911. The second-order valence-electron chi connectivity index (χ2n) is 5.36. The van der Waals surface area contributed by atoms with Gasteiger partial charge in [0.2, 0.25) is 0 Å². The van der Waals surface area contributed by atoms with Gasteiger partial charge in [-0.25, -0.2) is 0 Å². The molecule has 1 heteroatoms. The van der Waals surface area contributed by atoms with Crippen LogP contribution in [0.4, 0.5) is 0 Å². The van der Waals surface area contributed by atoms with Gasteiger partial charge in [0, 0.05) is 11.9 Å². The van der Waals surface area contributed by atoms with Crippen molar-refractivity contribution < 1.29 is 0 Å². The van der Waals surface area contributed by atoms with Gasteiger partial charge in [-0.05, 0) is 30.9 Å². The summed E-state index contributed by atoms with van der Waals surface area (Å²) >= 11 is 0. The van der Waals surface area contributed by atoms with Gasteiger partial charge >= 0.3 is 0 Å². The lowest BCUT2D eigenvalue weighted by Crippen LogP contribution is -2.03. The lowest BCUT2D eigenvalue weighted by molar-refractivity contribution is 0.394. The zero-order valence-corrected chi connectivity index (χ0v) is 12.2. The summed E-state index contributed by atoms with van der Waals surface area (Å²) in [6.07, 6.45) is 14.1. The third-order valence-corrected chi connectivity index (χ3v) is 3.70. The van der Waals surface area contributed by atoms with E-state index in [4.69, 9.17) is 0 Å². The van der Waals surface area contributed by atoms with Crippen LogP contribution in [0.5, 0.6) is 0 Å². The van der Waals surface area contributed by atoms with Crippen LogP contribution in [0.25, 0.3) is 0 Å². The van der Waals surface area contributed by atoms with E-state index in [1.165, 1.54) is 57.1 Å². The van der Waals surface area contributed by atoms with Gasteiger partial charge in [-0.15, -0.1) is 0 Å². The minimum atomic E-state index is 0.911. The number of aryl methyl sites for hydroxylation is 1. The number of rotatable bonds is 10. The Labute approximate surface area is 113 Å². The van der Waals surface area contributed by atoms with Crippen molar-refractivity contribution in [3.05, 3.63) is 30.1 Å². The van der Waals surface area contributed by atoms with Gasteiger partial charge in [-0.2, -0.15) is 0 Å². The first-order valence-electron chi connectivity index (χ1n) is 7.76. The summed E-state index contributed by atoms with van der Waals surface area (Å²) in [4.78, 5) is 4.42. The van der Waals surface area contributed by atoms with Crippen LogP contribution in [0.2, 0.25) is 0 Å². The highest BCUT2D eigenvalue weighted by Gasteiger charge is 2.08. The molecule has 1 rings (SSSR count). The van der Waals surface area contributed by atoms with E-state index in [2.05, 4.69) is 31.0 Å². The maximum atomic E-state index is 4.42. The Kier molecular flexibility index (Phi) is 8.54. The Morgan fingerprint density at radius 3 is 2.50 bits per heavy atom. The van der Waals surface area contributed by atoms with Crippen LogP contribution >= 0.6 is 0 Å². The molecule has 0 aromatic carbocycles. The Balaban J connectivity index is 2.24. The third kappa shape index (κ3) is 6.78. The molecule has 0 N–H and O–H groups in total. The number of hydrogen-bond acceptors (Lipinski definition) is 1. The fourth-order valence-electron chi connectivity index (χ4n) is 2.60. The van der Waals surface area contributed by atoms with Crippen LogP contribution in [0.1, 0.15) is 70.9 Å². The number of hydrogen-bond donors (Lipinski definition) is 0. The van der Waals surface area contributed by atoms with Crippen LogP contribution in [0, 0.1) is 5.92 Å². The lowest BCUT2D eigenvalue weighted by atomic mass is 9.91. The molecule has 1 atom stereocenters. The average molecular weight is 247 g/mol. The van der Waals surface area contributed by atoms with E-state index >= 15 is 0 Å². The van der Waals surface area contributed by atoms with E-state index in [1.54, 1.807) is 0 Å². The second-order valence-corrected chi connectivity index (χ2v) is 5.36. The van der Waals surface area contributed by atoms with Crippen LogP contribution < -0.4 is 0 Å². The molecule has 0 aliphatic rings. The van der Waals surface area contributed by atoms with Crippen molar-refractivity contribution in [3.63, 3.8) is 0 Å². The molecule has 1 aromatic rings. The van der Waals surface area contributed by atoms with Crippen LogP contribution in [-0.2, 0) is 6.42 Å². The normalized spacial score (nSPS) is 12.6. The number of nitrogens with zero attached hydrogens (tertiary/aromatic N) is 1. The summed E-state index contributed by atoms with van der Waals surface area (Å²) in [5.74, 6) is 0.911. The molecule has 0 radical (unpaired) electrons. The fourth-order valence-corrected chi connectivity index (χ4v) is 2.60. The highest BCUT2D eigenvalue weighted by molar-refractivity contribution is 5.03. The predicted octanol–water partition coefficient (Wildman–Crippen LogP) is 5.40. The van der Waals surface area contributed by atoms with Gasteiger partial charge in [-0.1, -0.05) is 64.9 Å². The molecule has 0 amide bonds. The monoisotopic (exact) mass is 247 g/mol. The Hall–Kier alpha value is -0.850. The molecule has 1 heterocycles. The van der Waals surface area contributed by atoms with Crippen molar-refractivity contribution >= 4 is 0 Å². The van der Waals surface area contributed by atoms with Crippen LogP contribution in [0.3, 0.4) is 0 Å². The molecule has 0 spiro atoms. The van der Waals surface area contributed by atoms with Gasteiger partial charge in [0.05, 0.1) is 0 Å². The molecule has 18 heavy (non-hydrogen) atoms. The van der Waals surface area contributed by atoms with Crippen molar-refractivity contribution in [2.45, 2.75) is 71.6 Å². The van der Waals surface area contributed by atoms with Gasteiger partial charge in [0.25, 0.3) is 0 Å². The zero-order chi connectivity index (χ0) is 13.1. The first-order chi connectivity index (χ1) is 8.86. The molecule has 1 unspecified atom stereocenters. The maximum Gasteiger partial charge on any atom is 0.0403 e. The summed E-state index contributed by atoms with van der Waals surface area (Å²) in [6.45, 7) is 4.59. The predicted molar refractivity (Wildman–Crippen MR) is 79.7 cm³/mol. The van der Waals surface area contributed by atoms with Crippen molar-refractivity contribution in [2.75, 3.05) is 0 Å². The first kappa shape index (κ1) is 15.2. The van der Waals surface area contributed by atoms with Crippen molar-refractivity contribution in [2.24, 2.45) is 5.92 Å². The topological polar surface area (TPSA) is 12.9 Å². The summed E-state index contributed by atoms with van der Waals surface area (Å²) in [6, 6.07) is 6.25. The molecule has 102 valence electrons. The molecule has 0 fully saturated rings. The van der Waals surface area contributed by atoms with E-state index in [9.17, 15) is 0 Å².